The van der Waals surface area contributed by atoms with Gasteiger partial charge in [-0.15, -0.1) is 0 Å². The van der Waals surface area contributed by atoms with E-state index in [0.717, 1.165) is 23.1 Å². The summed E-state index contributed by atoms with van der Waals surface area (Å²) in [5.74, 6) is 2.06. The minimum atomic E-state index is -0.00659. The summed E-state index contributed by atoms with van der Waals surface area (Å²) in [4.78, 5) is 0. The lowest BCUT2D eigenvalue weighted by atomic mass is 9.89. The van der Waals surface area contributed by atoms with Gasteiger partial charge < -0.3 is 24.4 Å². The van der Waals surface area contributed by atoms with E-state index in [2.05, 4.69) is 45.9 Å². The van der Waals surface area contributed by atoms with Crippen LogP contribution in [0.5, 0.6) is 34.5 Å². The summed E-state index contributed by atoms with van der Waals surface area (Å²) >= 11 is 0. The second-order valence-electron chi connectivity index (χ2n) is 8.36. The topological polar surface area (TPSA) is 68.2 Å². The van der Waals surface area contributed by atoms with E-state index in [1.807, 2.05) is 6.07 Å². The van der Waals surface area contributed by atoms with Gasteiger partial charge in [-0.1, -0.05) is 29.4 Å². The first-order valence-electron chi connectivity index (χ1n) is 10.8. The molecule has 0 saturated carbocycles. The first kappa shape index (κ1) is 23.3. The molecule has 1 aliphatic rings. The highest BCUT2D eigenvalue weighted by Gasteiger charge is 2.30. The van der Waals surface area contributed by atoms with Gasteiger partial charge >= 0.3 is 0 Å². The fourth-order valence-corrected chi connectivity index (χ4v) is 3.82. The molecule has 32 heavy (non-hydrogen) atoms. The number of phenols is 2. The average Bonchev–Trinajstić information content (AvgIpc) is 2.73. The van der Waals surface area contributed by atoms with Crippen LogP contribution in [0, 0.1) is 0 Å². The average molecular weight is 437 g/mol. The van der Waals surface area contributed by atoms with Gasteiger partial charge in [0.2, 0.25) is 0 Å². The molecule has 0 radical (unpaired) electrons. The van der Waals surface area contributed by atoms with Crippen molar-refractivity contribution in [2.45, 2.75) is 47.0 Å². The van der Waals surface area contributed by atoms with Gasteiger partial charge in [-0.05, 0) is 58.6 Å². The Balaban J connectivity index is 2.22. The molecule has 3 rings (SSSR count). The summed E-state index contributed by atoms with van der Waals surface area (Å²) in [6.07, 6.45) is 8.45. The Labute approximate surface area is 190 Å². The molecular weight excluding hydrogens is 404 g/mol. The lowest BCUT2D eigenvalue weighted by Gasteiger charge is -2.26. The molecule has 0 aromatic heterocycles. The van der Waals surface area contributed by atoms with Gasteiger partial charge in [0.1, 0.15) is 23.0 Å². The molecule has 0 spiro atoms. The van der Waals surface area contributed by atoms with Crippen molar-refractivity contribution in [2.24, 2.45) is 0 Å². The van der Waals surface area contributed by atoms with Gasteiger partial charge in [0.05, 0.1) is 19.8 Å². The third-order valence-corrected chi connectivity index (χ3v) is 5.40. The molecular formula is C27H32O5. The Hall–Kier alpha value is -3.34. The number of hydrogen-bond donors (Lipinski definition) is 2. The quantitative estimate of drug-likeness (QED) is 0.394. The number of ether oxygens (including phenoxy) is 3. The summed E-state index contributed by atoms with van der Waals surface area (Å²) in [6, 6.07) is 5.10. The maximum absolute atomic E-state index is 11.4. The predicted octanol–water partition coefficient (Wildman–Crippen LogP) is 6.91. The van der Waals surface area contributed by atoms with Crippen molar-refractivity contribution in [3.05, 3.63) is 64.3 Å². The van der Waals surface area contributed by atoms with Crippen LogP contribution in [0.1, 0.15) is 57.2 Å². The molecule has 0 amide bonds. The van der Waals surface area contributed by atoms with Gasteiger partial charge in [0.15, 0.2) is 11.5 Å². The Morgan fingerprint density at radius 3 is 2.22 bits per heavy atom. The van der Waals surface area contributed by atoms with Crippen LogP contribution in [0.3, 0.4) is 0 Å². The molecule has 0 bridgehead atoms. The van der Waals surface area contributed by atoms with Crippen LogP contribution >= 0.6 is 0 Å². The van der Waals surface area contributed by atoms with E-state index >= 15 is 0 Å². The summed E-state index contributed by atoms with van der Waals surface area (Å²) in [5, 5.41) is 21.7. The smallest absolute Gasteiger partial charge is 0.161 e. The van der Waals surface area contributed by atoms with Gasteiger partial charge in [-0.2, -0.15) is 0 Å². The molecule has 0 saturated heterocycles. The first-order valence-corrected chi connectivity index (χ1v) is 10.8. The number of fused-ring (bicyclic) bond motifs is 2. The zero-order chi connectivity index (χ0) is 23.4. The Morgan fingerprint density at radius 1 is 0.906 bits per heavy atom. The molecule has 0 aliphatic carbocycles. The first-order chi connectivity index (χ1) is 15.3. The fourth-order valence-electron chi connectivity index (χ4n) is 3.82. The van der Waals surface area contributed by atoms with Crippen LogP contribution in [0.4, 0.5) is 0 Å². The number of phenolic OH excluding ortho intramolecular Hbond substituents is 2. The van der Waals surface area contributed by atoms with Crippen molar-refractivity contribution in [1.29, 1.82) is 0 Å². The van der Waals surface area contributed by atoms with E-state index in [4.69, 9.17) is 14.2 Å². The van der Waals surface area contributed by atoms with Gasteiger partial charge in [-0.25, -0.2) is 0 Å². The lowest BCUT2D eigenvalue weighted by molar-refractivity contribution is 0.368. The number of rotatable bonds is 7. The Morgan fingerprint density at radius 2 is 1.59 bits per heavy atom. The molecule has 1 aliphatic heterocycles. The Bertz CT molecular complexity index is 1100. The molecule has 170 valence electrons. The van der Waals surface area contributed by atoms with E-state index in [-0.39, 0.29) is 11.5 Å². The third-order valence-electron chi connectivity index (χ3n) is 5.40. The predicted molar refractivity (Wildman–Crippen MR) is 128 cm³/mol. The SMILES string of the molecule is COc1cc2c(cc1O)Oc1cc(OC)c(CCC=C(C)C)c(O)c1C2=CCC=C(C)C. The molecule has 0 fully saturated rings. The molecule has 5 heteroatoms. The van der Waals surface area contributed by atoms with Crippen molar-refractivity contribution in [3.63, 3.8) is 0 Å². The van der Waals surface area contributed by atoms with Crippen LogP contribution in [-0.2, 0) is 6.42 Å². The zero-order valence-corrected chi connectivity index (χ0v) is 19.7. The van der Waals surface area contributed by atoms with Crippen LogP contribution < -0.4 is 14.2 Å². The summed E-state index contributed by atoms with van der Waals surface area (Å²) in [6.45, 7) is 8.22. The fraction of sp³-hybridized carbons (Fsp3) is 0.333. The van der Waals surface area contributed by atoms with Crippen LogP contribution in [0.25, 0.3) is 5.57 Å². The van der Waals surface area contributed by atoms with Crippen molar-refractivity contribution >= 4 is 5.57 Å². The maximum Gasteiger partial charge on any atom is 0.161 e. The van der Waals surface area contributed by atoms with Crippen molar-refractivity contribution in [1.82, 2.24) is 0 Å². The lowest BCUT2D eigenvalue weighted by Crippen LogP contribution is -2.06. The van der Waals surface area contributed by atoms with Crippen molar-refractivity contribution < 1.29 is 24.4 Å². The standard InChI is InChI=1S/C27H32O5/c1-16(2)9-7-11-18-20-13-24(31-6)21(28)14-23(20)32-25-15-22(30-5)19(27(29)26(18)25)12-8-10-17(3)4/h9-11,13-15,28-29H,7-8,12H2,1-6H3. The highest BCUT2D eigenvalue weighted by Crippen LogP contribution is 2.53. The summed E-state index contributed by atoms with van der Waals surface area (Å²) < 4.78 is 17.0. The molecule has 1 heterocycles. The number of benzene rings is 2. The maximum atomic E-state index is 11.4. The van der Waals surface area contributed by atoms with E-state index in [1.165, 1.54) is 24.3 Å². The van der Waals surface area contributed by atoms with E-state index < -0.39 is 0 Å². The van der Waals surface area contributed by atoms with Gasteiger partial charge in [0, 0.05) is 23.3 Å². The second kappa shape index (κ2) is 9.86. The molecule has 0 atom stereocenters. The molecule has 2 aromatic carbocycles. The minimum absolute atomic E-state index is 0.00659. The highest BCUT2D eigenvalue weighted by molar-refractivity contribution is 5.92. The van der Waals surface area contributed by atoms with Crippen LogP contribution in [0.15, 0.2) is 47.6 Å². The zero-order valence-electron chi connectivity index (χ0n) is 19.7. The van der Waals surface area contributed by atoms with E-state index in [9.17, 15) is 10.2 Å². The van der Waals surface area contributed by atoms with Crippen molar-refractivity contribution in [3.8, 4) is 34.5 Å². The van der Waals surface area contributed by atoms with Gasteiger partial charge in [0.25, 0.3) is 0 Å². The largest absolute Gasteiger partial charge is 0.507 e. The van der Waals surface area contributed by atoms with Crippen molar-refractivity contribution in [2.75, 3.05) is 14.2 Å². The van der Waals surface area contributed by atoms with Crippen LogP contribution in [0.2, 0.25) is 0 Å². The molecule has 2 aromatic rings. The van der Waals surface area contributed by atoms with Gasteiger partial charge in [-0.3, -0.25) is 0 Å². The van der Waals surface area contributed by atoms with E-state index in [1.54, 1.807) is 13.2 Å². The molecule has 0 unspecified atom stereocenters. The number of methoxy groups -OCH3 is 2. The second-order valence-corrected chi connectivity index (χ2v) is 8.36. The monoisotopic (exact) mass is 436 g/mol. The molecule has 5 nitrogen and oxygen atoms in total. The highest BCUT2D eigenvalue weighted by atomic mass is 16.5. The van der Waals surface area contributed by atoms with E-state index in [0.29, 0.717) is 41.4 Å². The summed E-state index contributed by atoms with van der Waals surface area (Å²) in [7, 11) is 3.10. The normalized spacial score (nSPS) is 13.0. The minimum Gasteiger partial charge on any atom is -0.507 e. The van der Waals surface area contributed by atoms with Crippen LogP contribution in [-0.4, -0.2) is 24.4 Å². The summed E-state index contributed by atoms with van der Waals surface area (Å²) in [5.41, 5.74) is 5.40. The Kier molecular flexibility index (Phi) is 7.18. The number of allylic oxidation sites excluding steroid dienone is 5. The number of aromatic hydroxyl groups is 2. The third kappa shape index (κ3) is 4.77. The number of hydrogen-bond acceptors (Lipinski definition) is 5. The molecule has 2 N–H and O–H groups in total.